The van der Waals surface area contributed by atoms with Crippen LogP contribution in [-0.4, -0.2) is 16.3 Å². The highest BCUT2D eigenvalue weighted by Crippen LogP contribution is 2.20. The van der Waals surface area contributed by atoms with Crippen LogP contribution >= 0.6 is 0 Å². The summed E-state index contributed by atoms with van der Waals surface area (Å²) >= 11 is 0. The van der Waals surface area contributed by atoms with Crippen molar-refractivity contribution in [1.82, 2.24) is 9.78 Å². The summed E-state index contributed by atoms with van der Waals surface area (Å²) in [4.78, 5) is 0. The van der Waals surface area contributed by atoms with Gasteiger partial charge in [-0.05, 0) is 56.0 Å². The minimum absolute atomic E-state index is 0.558. The molecule has 0 saturated heterocycles. The minimum Gasteiger partial charge on any atom is -0.330 e. The first kappa shape index (κ1) is 13.8. The summed E-state index contributed by atoms with van der Waals surface area (Å²) in [6.45, 7) is 9.24. The molecule has 0 spiro atoms. The van der Waals surface area contributed by atoms with E-state index in [-0.39, 0.29) is 0 Å². The molecule has 0 aliphatic heterocycles. The van der Waals surface area contributed by atoms with Crippen LogP contribution in [0.3, 0.4) is 0 Å². The van der Waals surface area contributed by atoms with Gasteiger partial charge in [0, 0.05) is 5.69 Å². The third-order valence-electron chi connectivity index (χ3n) is 3.64. The Morgan fingerprint density at radius 3 is 2.32 bits per heavy atom. The highest BCUT2D eigenvalue weighted by molar-refractivity contribution is 5.39. The van der Waals surface area contributed by atoms with E-state index in [0.29, 0.717) is 12.5 Å². The fourth-order valence-electron chi connectivity index (χ4n) is 2.43. The van der Waals surface area contributed by atoms with Crippen molar-refractivity contribution in [2.75, 3.05) is 6.54 Å². The minimum atomic E-state index is 0.558. The Bertz CT molecular complexity index is 550. The Labute approximate surface area is 115 Å². The third kappa shape index (κ3) is 2.71. The zero-order valence-corrected chi connectivity index (χ0v) is 12.3. The highest BCUT2D eigenvalue weighted by Gasteiger charge is 2.12. The van der Waals surface area contributed by atoms with E-state index in [9.17, 15) is 0 Å². The van der Waals surface area contributed by atoms with E-state index in [2.05, 4.69) is 57.1 Å². The molecule has 19 heavy (non-hydrogen) atoms. The lowest BCUT2D eigenvalue weighted by Crippen LogP contribution is -2.05. The van der Waals surface area contributed by atoms with Crippen LogP contribution in [0.15, 0.2) is 24.3 Å². The van der Waals surface area contributed by atoms with Crippen LogP contribution in [0.4, 0.5) is 0 Å². The van der Waals surface area contributed by atoms with Crippen molar-refractivity contribution in [3.8, 4) is 5.69 Å². The molecule has 1 heterocycles. The largest absolute Gasteiger partial charge is 0.330 e. The Hall–Kier alpha value is -1.61. The van der Waals surface area contributed by atoms with E-state index in [1.54, 1.807) is 0 Å². The van der Waals surface area contributed by atoms with Gasteiger partial charge in [0.2, 0.25) is 0 Å². The third-order valence-corrected chi connectivity index (χ3v) is 3.64. The summed E-state index contributed by atoms with van der Waals surface area (Å²) < 4.78 is 2.02. The molecule has 1 aromatic heterocycles. The number of nitrogens with zero attached hydrogens (tertiary/aromatic N) is 2. The second-order valence-corrected chi connectivity index (χ2v) is 5.35. The van der Waals surface area contributed by atoms with Gasteiger partial charge in [0.25, 0.3) is 0 Å². The molecule has 0 atom stereocenters. The van der Waals surface area contributed by atoms with Crippen LogP contribution in [-0.2, 0) is 6.42 Å². The van der Waals surface area contributed by atoms with Gasteiger partial charge in [-0.1, -0.05) is 26.0 Å². The molecule has 0 unspecified atom stereocenters. The Morgan fingerprint density at radius 2 is 1.79 bits per heavy atom. The number of nitrogens with two attached hydrogens (primary N) is 1. The van der Waals surface area contributed by atoms with Crippen molar-refractivity contribution in [3.05, 3.63) is 46.8 Å². The predicted molar refractivity (Wildman–Crippen MR) is 79.9 cm³/mol. The summed E-state index contributed by atoms with van der Waals surface area (Å²) in [5, 5.41) is 4.63. The molecule has 0 aliphatic carbocycles. The fraction of sp³-hybridized carbons (Fsp3) is 0.438. The Balaban J connectivity index is 2.39. The topological polar surface area (TPSA) is 43.8 Å². The van der Waals surface area contributed by atoms with Gasteiger partial charge in [0.1, 0.15) is 0 Å². The van der Waals surface area contributed by atoms with Crippen molar-refractivity contribution >= 4 is 0 Å². The standard InChI is InChI=1S/C16H23N3/c1-11(2)14-5-7-15(8-6-14)19-13(4)16(9-10-17)12(3)18-19/h5-8,11H,9-10,17H2,1-4H3. The highest BCUT2D eigenvalue weighted by atomic mass is 15.3. The first-order valence-corrected chi connectivity index (χ1v) is 6.90. The van der Waals surface area contributed by atoms with Gasteiger partial charge in [0.05, 0.1) is 11.4 Å². The number of hydrogen-bond donors (Lipinski definition) is 1. The predicted octanol–water partition coefficient (Wildman–Crippen LogP) is 3.11. The molecule has 0 bridgehead atoms. The molecule has 0 fully saturated rings. The number of rotatable bonds is 4. The summed E-state index contributed by atoms with van der Waals surface area (Å²) in [6, 6.07) is 8.64. The normalized spacial score (nSPS) is 11.3. The van der Waals surface area contributed by atoms with Crippen LogP contribution in [0, 0.1) is 13.8 Å². The van der Waals surface area contributed by atoms with E-state index in [0.717, 1.165) is 17.8 Å². The van der Waals surface area contributed by atoms with E-state index in [4.69, 9.17) is 5.73 Å². The monoisotopic (exact) mass is 257 g/mol. The van der Waals surface area contributed by atoms with Crippen LogP contribution in [0.25, 0.3) is 5.69 Å². The second kappa shape index (κ2) is 5.57. The molecule has 102 valence electrons. The van der Waals surface area contributed by atoms with Crippen LogP contribution in [0.2, 0.25) is 0 Å². The Morgan fingerprint density at radius 1 is 1.16 bits per heavy atom. The smallest absolute Gasteiger partial charge is 0.0649 e. The molecule has 0 aliphatic rings. The average molecular weight is 257 g/mol. The maximum atomic E-state index is 5.66. The number of aryl methyl sites for hydroxylation is 1. The lowest BCUT2D eigenvalue weighted by Gasteiger charge is -2.08. The first-order chi connectivity index (χ1) is 9.04. The van der Waals surface area contributed by atoms with Gasteiger partial charge in [-0.25, -0.2) is 4.68 Å². The molecule has 3 heteroatoms. The van der Waals surface area contributed by atoms with Gasteiger partial charge in [-0.15, -0.1) is 0 Å². The maximum absolute atomic E-state index is 5.66. The molecule has 3 nitrogen and oxygen atoms in total. The van der Waals surface area contributed by atoms with Crippen molar-refractivity contribution in [2.24, 2.45) is 5.73 Å². The summed E-state index contributed by atoms with van der Waals surface area (Å²) in [5.41, 5.74) is 11.7. The van der Waals surface area contributed by atoms with E-state index in [1.165, 1.54) is 16.8 Å². The van der Waals surface area contributed by atoms with E-state index < -0.39 is 0 Å². The summed E-state index contributed by atoms with van der Waals surface area (Å²) in [7, 11) is 0. The van der Waals surface area contributed by atoms with Crippen LogP contribution in [0.1, 0.15) is 42.3 Å². The molecule has 2 aromatic rings. The van der Waals surface area contributed by atoms with Crippen molar-refractivity contribution in [1.29, 1.82) is 0 Å². The molecule has 0 saturated carbocycles. The SMILES string of the molecule is Cc1nn(-c2ccc(C(C)C)cc2)c(C)c1CCN. The lowest BCUT2D eigenvalue weighted by atomic mass is 10.0. The zero-order chi connectivity index (χ0) is 14.0. The van der Waals surface area contributed by atoms with Gasteiger partial charge in [-0.3, -0.25) is 0 Å². The maximum Gasteiger partial charge on any atom is 0.0649 e. The average Bonchev–Trinajstić information content (AvgIpc) is 2.67. The fourth-order valence-corrected chi connectivity index (χ4v) is 2.43. The molecular weight excluding hydrogens is 234 g/mol. The molecule has 2 rings (SSSR count). The van der Waals surface area contributed by atoms with Crippen molar-refractivity contribution in [2.45, 2.75) is 40.0 Å². The Kier molecular flexibility index (Phi) is 4.05. The van der Waals surface area contributed by atoms with Gasteiger partial charge in [0.15, 0.2) is 0 Å². The van der Waals surface area contributed by atoms with Crippen LogP contribution < -0.4 is 5.73 Å². The number of hydrogen-bond acceptors (Lipinski definition) is 2. The second-order valence-electron chi connectivity index (χ2n) is 5.35. The summed E-state index contributed by atoms with van der Waals surface area (Å²) in [5.74, 6) is 0.558. The van der Waals surface area contributed by atoms with Gasteiger partial charge >= 0.3 is 0 Å². The summed E-state index contributed by atoms with van der Waals surface area (Å²) in [6.07, 6.45) is 0.891. The lowest BCUT2D eigenvalue weighted by molar-refractivity contribution is 0.825. The van der Waals surface area contributed by atoms with Gasteiger partial charge in [-0.2, -0.15) is 5.10 Å². The van der Waals surface area contributed by atoms with E-state index >= 15 is 0 Å². The number of aromatic nitrogens is 2. The zero-order valence-electron chi connectivity index (χ0n) is 12.3. The number of benzene rings is 1. The molecular formula is C16H23N3. The molecule has 1 aromatic carbocycles. The quantitative estimate of drug-likeness (QED) is 0.914. The van der Waals surface area contributed by atoms with Crippen LogP contribution in [0.5, 0.6) is 0 Å². The molecule has 0 radical (unpaired) electrons. The van der Waals surface area contributed by atoms with Crippen molar-refractivity contribution < 1.29 is 0 Å². The molecule has 2 N–H and O–H groups in total. The molecule has 0 amide bonds. The van der Waals surface area contributed by atoms with Crippen molar-refractivity contribution in [3.63, 3.8) is 0 Å². The first-order valence-electron chi connectivity index (χ1n) is 6.90. The van der Waals surface area contributed by atoms with E-state index in [1.807, 2.05) is 4.68 Å². The van der Waals surface area contributed by atoms with Gasteiger partial charge < -0.3 is 5.73 Å².